The first-order valence-corrected chi connectivity index (χ1v) is 6.06. The average Bonchev–Trinajstić information content (AvgIpc) is 2.46. The molecule has 0 spiro atoms. The molecule has 0 heterocycles. The first-order chi connectivity index (χ1) is 10.0. The second kappa shape index (κ2) is 8.70. The minimum atomic E-state index is -1.15. The molecule has 0 aliphatic carbocycles. The van der Waals surface area contributed by atoms with Crippen molar-refractivity contribution in [3.8, 4) is 5.75 Å². The number of esters is 1. The van der Waals surface area contributed by atoms with E-state index in [-0.39, 0.29) is 32.0 Å². The molecule has 1 aromatic rings. The predicted molar refractivity (Wildman–Crippen MR) is 70.9 cm³/mol. The lowest BCUT2D eigenvalue weighted by molar-refractivity contribution is -0.142. The van der Waals surface area contributed by atoms with Gasteiger partial charge in [-0.1, -0.05) is 6.58 Å². The predicted octanol–water partition coefficient (Wildman–Crippen LogP) is 1.81. The first-order valence-electron chi connectivity index (χ1n) is 6.06. The number of carbonyl (C=O) groups excluding carboxylic acids is 1. The Labute approximate surface area is 120 Å². The van der Waals surface area contributed by atoms with Gasteiger partial charge in [-0.05, 0) is 24.3 Å². The van der Waals surface area contributed by atoms with Crippen LogP contribution in [0.5, 0.6) is 5.75 Å². The second-order valence-electron chi connectivity index (χ2n) is 3.83. The van der Waals surface area contributed by atoms with Gasteiger partial charge in [0.15, 0.2) is 0 Å². The van der Waals surface area contributed by atoms with E-state index in [0.29, 0.717) is 5.75 Å². The van der Waals surface area contributed by atoms with Gasteiger partial charge in [-0.3, -0.25) is 0 Å². The summed E-state index contributed by atoms with van der Waals surface area (Å²) in [4.78, 5) is 21.3. The molecule has 1 rings (SSSR count). The molecule has 0 bridgehead atoms. The lowest BCUT2D eigenvalue weighted by atomic mass is 10.2. The number of aromatic carboxylic acids is 1. The van der Waals surface area contributed by atoms with Gasteiger partial charge >= 0.3 is 11.9 Å². The Hall–Kier alpha value is -2.41. The Morgan fingerprint density at radius 3 is 2.29 bits per heavy atom. The van der Waals surface area contributed by atoms with E-state index in [9.17, 15) is 14.0 Å². The molecule has 21 heavy (non-hydrogen) atoms. The van der Waals surface area contributed by atoms with Crippen LogP contribution < -0.4 is 4.74 Å². The third kappa shape index (κ3) is 6.53. The monoisotopic (exact) mass is 298 g/mol. The van der Waals surface area contributed by atoms with Crippen LogP contribution in [-0.4, -0.2) is 43.5 Å². The van der Waals surface area contributed by atoms with Crippen molar-refractivity contribution in [1.29, 1.82) is 0 Å². The maximum atomic E-state index is 12.2. The summed E-state index contributed by atoms with van der Waals surface area (Å²) in [5, 5.41) is 8.72. The molecule has 0 atom stereocenters. The molecule has 1 N–H and O–H groups in total. The molecule has 0 fully saturated rings. The van der Waals surface area contributed by atoms with E-state index in [1.54, 1.807) is 0 Å². The van der Waals surface area contributed by atoms with E-state index in [1.807, 2.05) is 0 Å². The summed E-state index contributed by atoms with van der Waals surface area (Å²) in [6.45, 7) is 3.32. The van der Waals surface area contributed by atoms with Crippen molar-refractivity contribution < 1.29 is 33.3 Å². The van der Waals surface area contributed by atoms with Crippen LogP contribution in [0.2, 0.25) is 0 Å². The summed E-state index contributed by atoms with van der Waals surface area (Å²) in [7, 11) is 0. The van der Waals surface area contributed by atoms with Gasteiger partial charge in [-0.15, -0.1) is 0 Å². The van der Waals surface area contributed by atoms with E-state index in [2.05, 4.69) is 11.3 Å². The van der Waals surface area contributed by atoms with E-state index in [1.165, 1.54) is 24.3 Å². The van der Waals surface area contributed by atoms with Gasteiger partial charge in [0.1, 0.15) is 19.0 Å². The van der Waals surface area contributed by atoms with Gasteiger partial charge in [0, 0.05) is 0 Å². The van der Waals surface area contributed by atoms with E-state index in [0.717, 1.165) is 0 Å². The minimum Gasteiger partial charge on any atom is -0.491 e. The molecule has 114 valence electrons. The Morgan fingerprint density at radius 1 is 1.10 bits per heavy atom. The van der Waals surface area contributed by atoms with Gasteiger partial charge in [0.2, 0.25) is 5.83 Å². The fourth-order valence-corrected chi connectivity index (χ4v) is 1.29. The van der Waals surface area contributed by atoms with Crippen LogP contribution in [0.3, 0.4) is 0 Å². The van der Waals surface area contributed by atoms with Crippen molar-refractivity contribution in [3.63, 3.8) is 0 Å². The summed E-state index contributed by atoms with van der Waals surface area (Å²) < 4.78 is 27.1. The lowest BCUT2D eigenvalue weighted by Crippen LogP contribution is -2.13. The standard InChI is InChI=1S/C14H15FO6/c1-10(15)14(18)21-9-7-19-6-8-20-12-4-2-11(3-5-12)13(16)17/h2-5H,1,6-9H2,(H,16,17). The highest BCUT2D eigenvalue weighted by Gasteiger charge is 2.06. The summed E-state index contributed by atoms with van der Waals surface area (Å²) in [5.74, 6) is -2.74. The van der Waals surface area contributed by atoms with Gasteiger partial charge < -0.3 is 19.3 Å². The van der Waals surface area contributed by atoms with Crippen LogP contribution in [0.25, 0.3) is 0 Å². The number of rotatable bonds is 9. The average molecular weight is 298 g/mol. The molecule has 6 nitrogen and oxygen atoms in total. The van der Waals surface area contributed by atoms with Crippen LogP contribution >= 0.6 is 0 Å². The summed E-state index contributed by atoms with van der Waals surface area (Å²) in [6, 6.07) is 5.94. The SMILES string of the molecule is C=C(F)C(=O)OCCOCCOc1ccc(C(=O)O)cc1. The summed E-state index contributed by atoms with van der Waals surface area (Å²) in [5.41, 5.74) is 0.176. The summed E-state index contributed by atoms with van der Waals surface area (Å²) in [6.07, 6.45) is 0. The number of carbonyl (C=O) groups is 2. The van der Waals surface area contributed by atoms with Crippen LogP contribution in [0.15, 0.2) is 36.7 Å². The number of ether oxygens (including phenoxy) is 3. The Bertz CT molecular complexity index is 497. The van der Waals surface area contributed by atoms with E-state index in [4.69, 9.17) is 14.6 Å². The van der Waals surface area contributed by atoms with Crippen LogP contribution in [0.1, 0.15) is 10.4 Å². The molecule has 0 amide bonds. The van der Waals surface area contributed by atoms with Crippen LogP contribution in [0, 0.1) is 0 Å². The molecule has 0 aliphatic rings. The molecule has 0 saturated heterocycles. The van der Waals surface area contributed by atoms with Gasteiger partial charge in [0.25, 0.3) is 0 Å². The third-order valence-corrected chi connectivity index (χ3v) is 2.28. The number of hydrogen-bond donors (Lipinski definition) is 1. The quantitative estimate of drug-likeness (QED) is 0.425. The van der Waals surface area contributed by atoms with Gasteiger partial charge in [-0.25, -0.2) is 9.59 Å². The summed E-state index contributed by atoms with van der Waals surface area (Å²) >= 11 is 0. The highest BCUT2D eigenvalue weighted by molar-refractivity contribution is 5.87. The molecule has 0 unspecified atom stereocenters. The number of carboxylic acids is 1. The Morgan fingerprint density at radius 2 is 1.71 bits per heavy atom. The molecular formula is C14H15FO6. The molecule has 0 radical (unpaired) electrons. The van der Waals surface area contributed by atoms with Crippen molar-refractivity contribution in [2.75, 3.05) is 26.4 Å². The minimum absolute atomic E-state index is 0.0743. The number of halogens is 1. The van der Waals surface area contributed by atoms with Crippen molar-refractivity contribution in [3.05, 3.63) is 42.2 Å². The third-order valence-electron chi connectivity index (χ3n) is 2.28. The fraction of sp³-hybridized carbons (Fsp3) is 0.286. The first kappa shape index (κ1) is 16.6. The van der Waals surface area contributed by atoms with Crippen LogP contribution in [-0.2, 0) is 14.3 Å². The van der Waals surface area contributed by atoms with Crippen molar-refractivity contribution in [1.82, 2.24) is 0 Å². The molecule has 7 heteroatoms. The van der Waals surface area contributed by atoms with Gasteiger partial charge in [-0.2, -0.15) is 4.39 Å². The topological polar surface area (TPSA) is 82.1 Å². The Kier molecular flexibility index (Phi) is 6.90. The molecule has 0 aromatic heterocycles. The molecule has 0 aliphatic heterocycles. The highest BCUT2D eigenvalue weighted by Crippen LogP contribution is 2.11. The van der Waals surface area contributed by atoms with E-state index < -0.39 is 17.8 Å². The molecule has 1 aromatic carbocycles. The second-order valence-corrected chi connectivity index (χ2v) is 3.83. The van der Waals surface area contributed by atoms with Gasteiger partial charge in [0.05, 0.1) is 18.8 Å². The largest absolute Gasteiger partial charge is 0.491 e. The fourth-order valence-electron chi connectivity index (χ4n) is 1.29. The number of benzene rings is 1. The van der Waals surface area contributed by atoms with Crippen molar-refractivity contribution >= 4 is 11.9 Å². The van der Waals surface area contributed by atoms with Crippen molar-refractivity contribution in [2.24, 2.45) is 0 Å². The zero-order chi connectivity index (χ0) is 15.7. The van der Waals surface area contributed by atoms with Crippen LogP contribution in [0.4, 0.5) is 4.39 Å². The zero-order valence-corrected chi connectivity index (χ0v) is 11.2. The molecular weight excluding hydrogens is 283 g/mol. The molecule has 0 saturated carbocycles. The zero-order valence-electron chi connectivity index (χ0n) is 11.2. The lowest BCUT2D eigenvalue weighted by Gasteiger charge is -2.07. The van der Waals surface area contributed by atoms with Crippen molar-refractivity contribution in [2.45, 2.75) is 0 Å². The highest BCUT2D eigenvalue weighted by atomic mass is 19.1. The number of hydrogen-bond acceptors (Lipinski definition) is 5. The maximum Gasteiger partial charge on any atom is 0.366 e. The number of carboxylic acid groups (broad SMARTS) is 1. The maximum absolute atomic E-state index is 12.2. The normalized spacial score (nSPS) is 9.95. The Balaban J connectivity index is 2.10. The van der Waals surface area contributed by atoms with E-state index >= 15 is 0 Å². The smallest absolute Gasteiger partial charge is 0.366 e.